The molecule has 0 spiro atoms. The average molecular weight is 395 g/mol. The van der Waals surface area contributed by atoms with Gasteiger partial charge in [0.05, 0.1) is 19.3 Å². The van der Waals surface area contributed by atoms with Gasteiger partial charge < -0.3 is 15.0 Å². The lowest BCUT2D eigenvalue weighted by molar-refractivity contribution is 0.0168. The molecule has 2 fully saturated rings. The van der Waals surface area contributed by atoms with Crippen molar-refractivity contribution >= 4 is 17.7 Å². The van der Waals surface area contributed by atoms with Crippen LogP contribution >= 0.6 is 11.8 Å². The summed E-state index contributed by atoms with van der Waals surface area (Å²) in [5.41, 5.74) is 1.12. The van der Waals surface area contributed by atoms with Gasteiger partial charge in [-0.05, 0) is 31.5 Å². The molecule has 5 nitrogen and oxygen atoms in total. The predicted molar refractivity (Wildman–Crippen MR) is 111 cm³/mol. The van der Waals surface area contributed by atoms with Crippen LogP contribution in [0.25, 0.3) is 0 Å². The summed E-state index contributed by atoms with van der Waals surface area (Å²) in [4.78, 5) is 9.28. The molecule has 2 heterocycles. The van der Waals surface area contributed by atoms with Crippen LogP contribution in [0, 0.1) is 5.82 Å². The Hall–Kier alpha value is -1.31. The van der Waals surface area contributed by atoms with Crippen molar-refractivity contribution in [3.63, 3.8) is 0 Å². The van der Waals surface area contributed by atoms with Crippen molar-refractivity contribution in [3.8, 4) is 0 Å². The first-order valence-corrected chi connectivity index (χ1v) is 10.6. The molecule has 0 amide bonds. The molecule has 1 unspecified atom stereocenters. The fourth-order valence-corrected chi connectivity index (χ4v) is 4.86. The highest BCUT2D eigenvalue weighted by atomic mass is 32.2. The van der Waals surface area contributed by atoms with Crippen LogP contribution in [-0.4, -0.2) is 79.2 Å². The highest BCUT2D eigenvalue weighted by molar-refractivity contribution is 8.00. The molecule has 2 saturated heterocycles. The van der Waals surface area contributed by atoms with Crippen molar-refractivity contribution in [3.05, 3.63) is 35.6 Å². The van der Waals surface area contributed by atoms with Gasteiger partial charge in [0, 0.05) is 50.3 Å². The topological polar surface area (TPSA) is 40.1 Å². The fraction of sp³-hybridized carbons (Fsp3) is 0.650. The van der Waals surface area contributed by atoms with E-state index in [1.165, 1.54) is 0 Å². The van der Waals surface area contributed by atoms with Crippen LogP contribution in [0.2, 0.25) is 0 Å². The zero-order chi connectivity index (χ0) is 19.3. The van der Waals surface area contributed by atoms with E-state index in [9.17, 15) is 4.39 Å². The third kappa shape index (κ3) is 5.59. The molecule has 1 N–H and O–H groups in total. The highest BCUT2D eigenvalue weighted by Gasteiger charge is 2.29. The van der Waals surface area contributed by atoms with Crippen molar-refractivity contribution in [2.24, 2.45) is 4.99 Å². The van der Waals surface area contributed by atoms with Crippen molar-refractivity contribution in [2.75, 3.05) is 58.7 Å². The Kier molecular flexibility index (Phi) is 7.00. The minimum absolute atomic E-state index is 0.165. The van der Waals surface area contributed by atoms with Crippen molar-refractivity contribution in [1.29, 1.82) is 0 Å². The molecule has 0 aromatic heterocycles. The Morgan fingerprint density at radius 3 is 2.59 bits per heavy atom. The Bertz CT molecular complexity index is 631. The summed E-state index contributed by atoms with van der Waals surface area (Å²) in [6, 6.07) is 7.03. The van der Waals surface area contributed by atoms with E-state index < -0.39 is 0 Å². The lowest BCUT2D eigenvalue weighted by atomic mass is 10.0. The summed E-state index contributed by atoms with van der Waals surface area (Å²) in [5.74, 6) is 1.86. The molecule has 2 aliphatic heterocycles. The van der Waals surface area contributed by atoms with Crippen molar-refractivity contribution < 1.29 is 9.13 Å². The lowest BCUT2D eigenvalue weighted by Gasteiger charge is -2.40. The molecule has 1 aromatic rings. The summed E-state index contributed by atoms with van der Waals surface area (Å²) >= 11 is 2.02. The van der Waals surface area contributed by atoms with Crippen LogP contribution in [0.1, 0.15) is 25.5 Å². The summed E-state index contributed by atoms with van der Waals surface area (Å²) < 4.78 is 19.1. The van der Waals surface area contributed by atoms with Gasteiger partial charge in [-0.25, -0.2) is 4.39 Å². The first-order chi connectivity index (χ1) is 13.0. The highest BCUT2D eigenvalue weighted by Crippen LogP contribution is 2.29. The number of nitrogens with one attached hydrogen (secondary N) is 1. The van der Waals surface area contributed by atoms with E-state index in [-0.39, 0.29) is 16.6 Å². The Balaban J connectivity index is 1.70. The van der Waals surface area contributed by atoms with E-state index in [1.807, 2.05) is 30.9 Å². The number of ether oxygens (including phenoxy) is 1. The summed E-state index contributed by atoms with van der Waals surface area (Å²) in [7, 11) is 1.85. The molecule has 0 radical (unpaired) electrons. The number of hydrogen-bond donors (Lipinski definition) is 1. The number of nitrogens with zero attached hydrogens (tertiary/aromatic N) is 3. The second-order valence-electron chi connectivity index (χ2n) is 7.67. The van der Waals surface area contributed by atoms with Gasteiger partial charge in [0.2, 0.25) is 0 Å². The van der Waals surface area contributed by atoms with Crippen LogP contribution in [0.15, 0.2) is 29.3 Å². The van der Waals surface area contributed by atoms with Gasteiger partial charge in [0.25, 0.3) is 0 Å². The zero-order valence-corrected chi connectivity index (χ0v) is 17.4. The molecule has 7 heteroatoms. The Labute approximate surface area is 166 Å². The van der Waals surface area contributed by atoms with Crippen LogP contribution in [-0.2, 0) is 4.74 Å². The molecular weight excluding hydrogens is 363 g/mol. The van der Waals surface area contributed by atoms with E-state index in [1.54, 1.807) is 12.1 Å². The molecule has 3 rings (SSSR count). The molecule has 0 aliphatic carbocycles. The minimum atomic E-state index is -0.198. The number of morpholine rings is 1. The number of hydrogen-bond acceptors (Lipinski definition) is 4. The van der Waals surface area contributed by atoms with Gasteiger partial charge in [-0.15, -0.1) is 0 Å². The second-order valence-corrected chi connectivity index (χ2v) is 9.48. The molecule has 1 atom stereocenters. The number of benzene rings is 1. The molecule has 150 valence electrons. The summed E-state index contributed by atoms with van der Waals surface area (Å²) in [6.45, 7) is 10.5. The van der Waals surface area contributed by atoms with Gasteiger partial charge in [0.1, 0.15) is 5.82 Å². The van der Waals surface area contributed by atoms with Gasteiger partial charge in [0.15, 0.2) is 5.96 Å². The van der Waals surface area contributed by atoms with E-state index in [4.69, 9.17) is 4.74 Å². The van der Waals surface area contributed by atoms with Crippen molar-refractivity contribution in [1.82, 2.24) is 15.1 Å². The Morgan fingerprint density at radius 1 is 1.26 bits per heavy atom. The van der Waals surface area contributed by atoms with Crippen LogP contribution in [0.3, 0.4) is 0 Å². The first kappa shape index (κ1) is 20.4. The zero-order valence-electron chi connectivity index (χ0n) is 16.6. The normalized spacial score (nSPS) is 22.5. The summed E-state index contributed by atoms with van der Waals surface area (Å²) in [6.07, 6.45) is 0. The smallest absolute Gasteiger partial charge is 0.193 e. The van der Waals surface area contributed by atoms with E-state index in [2.05, 4.69) is 34.0 Å². The summed E-state index contributed by atoms with van der Waals surface area (Å²) in [5, 5.41) is 3.58. The molecule has 0 saturated carbocycles. The first-order valence-electron chi connectivity index (χ1n) is 9.65. The van der Waals surface area contributed by atoms with Gasteiger partial charge in [-0.3, -0.25) is 9.89 Å². The standard InChI is InChI=1S/C20H31FN4OS/c1-20(2)15-25(10-13-27-20)19(22-3)23-14-18(24-8-11-26-12-9-24)16-4-6-17(21)7-5-16/h4-7,18H,8-15H2,1-3H3,(H,22,23). The molecular formula is C20H31FN4OS. The van der Waals surface area contributed by atoms with Crippen molar-refractivity contribution in [2.45, 2.75) is 24.6 Å². The Morgan fingerprint density at radius 2 is 1.96 bits per heavy atom. The monoisotopic (exact) mass is 394 g/mol. The predicted octanol–water partition coefficient (Wildman–Crippen LogP) is 2.60. The fourth-order valence-electron chi connectivity index (χ4n) is 3.75. The van der Waals surface area contributed by atoms with Crippen LogP contribution < -0.4 is 5.32 Å². The molecule has 1 aromatic carbocycles. The van der Waals surface area contributed by atoms with Crippen LogP contribution in [0.5, 0.6) is 0 Å². The molecule has 0 bridgehead atoms. The molecule has 27 heavy (non-hydrogen) atoms. The van der Waals surface area contributed by atoms with E-state index in [0.29, 0.717) is 0 Å². The number of thioether (sulfide) groups is 1. The van der Waals surface area contributed by atoms with Gasteiger partial charge >= 0.3 is 0 Å². The number of guanidine groups is 1. The third-order valence-corrected chi connectivity index (χ3v) is 6.43. The number of aliphatic imine (C=N–C) groups is 1. The third-order valence-electron chi connectivity index (χ3n) is 5.13. The lowest BCUT2D eigenvalue weighted by Crippen LogP contribution is -2.52. The van der Waals surface area contributed by atoms with Gasteiger partial charge in [-0.1, -0.05) is 12.1 Å². The average Bonchev–Trinajstić information content (AvgIpc) is 2.66. The maximum atomic E-state index is 13.4. The number of rotatable bonds is 4. The largest absolute Gasteiger partial charge is 0.379 e. The van der Waals surface area contributed by atoms with E-state index >= 15 is 0 Å². The SMILES string of the molecule is CN=C(NCC(c1ccc(F)cc1)N1CCOCC1)N1CCSC(C)(C)C1. The van der Waals surface area contributed by atoms with Gasteiger partial charge in [-0.2, -0.15) is 11.8 Å². The molecule has 2 aliphatic rings. The van der Waals surface area contributed by atoms with E-state index in [0.717, 1.165) is 63.2 Å². The maximum Gasteiger partial charge on any atom is 0.193 e. The second kappa shape index (κ2) is 9.26. The van der Waals surface area contributed by atoms with Crippen LogP contribution in [0.4, 0.5) is 4.39 Å². The quantitative estimate of drug-likeness (QED) is 0.628. The minimum Gasteiger partial charge on any atom is -0.379 e. The maximum absolute atomic E-state index is 13.4. The number of halogens is 1.